The molecule has 5 heteroatoms. The summed E-state index contributed by atoms with van der Waals surface area (Å²) in [4.78, 5) is 41.9. The molecule has 3 saturated carbocycles. The van der Waals surface area contributed by atoms with Crippen molar-refractivity contribution in [3.63, 3.8) is 0 Å². The van der Waals surface area contributed by atoms with Crippen LogP contribution in [0.15, 0.2) is 23.3 Å². The van der Waals surface area contributed by atoms with E-state index in [-0.39, 0.29) is 62.6 Å². The number of likely N-dealkylation sites (N-methyl/N-ethyl adjacent to an activating group) is 1. The maximum Gasteiger partial charge on any atom is 0.264 e. The summed E-state index contributed by atoms with van der Waals surface area (Å²) in [5, 5.41) is 9.71. The van der Waals surface area contributed by atoms with Gasteiger partial charge in [-0.25, -0.2) is 0 Å². The van der Waals surface area contributed by atoms with Crippen LogP contribution in [0.25, 0.3) is 0 Å². The average Bonchev–Trinajstić information content (AvgIpc) is 2.77. The standard InChI is InChI=1S/C30H40N2O3/c1-18(33)30-12-10-26(2,3)16-20(30)24-21(34)14-22-27(4)15-19(17-31)25(35)32(7)23(27)8-9-28(22,5)29(24,6)11-13-30/h14-15,20,23-24H,8-13,16H2,1-7H3/t20-,23+,24-,27+,28+,29+,30+/m0/s1. The molecule has 4 aliphatic carbocycles. The molecule has 5 aliphatic rings. The van der Waals surface area contributed by atoms with Crippen molar-refractivity contribution >= 4 is 17.5 Å². The second-order valence-electron chi connectivity index (χ2n) is 13.8. The Hall–Kier alpha value is -2.22. The number of allylic oxidation sites excluding steroid dienone is 1. The molecule has 0 aromatic carbocycles. The van der Waals surface area contributed by atoms with E-state index in [4.69, 9.17) is 0 Å². The second-order valence-corrected chi connectivity index (χ2v) is 13.8. The minimum atomic E-state index is -0.550. The molecule has 1 heterocycles. The van der Waals surface area contributed by atoms with Crippen LogP contribution < -0.4 is 0 Å². The van der Waals surface area contributed by atoms with E-state index < -0.39 is 5.41 Å². The Bertz CT molecular complexity index is 1140. The largest absolute Gasteiger partial charge is 0.337 e. The van der Waals surface area contributed by atoms with Gasteiger partial charge in [-0.05, 0) is 91.8 Å². The van der Waals surface area contributed by atoms with Crippen molar-refractivity contribution in [1.82, 2.24) is 4.90 Å². The third-order valence-electron chi connectivity index (χ3n) is 11.8. The van der Waals surface area contributed by atoms with Gasteiger partial charge >= 0.3 is 0 Å². The van der Waals surface area contributed by atoms with Crippen molar-refractivity contribution in [2.24, 2.45) is 38.9 Å². The summed E-state index contributed by atoms with van der Waals surface area (Å²) in [5.74, 6) is 0.0875. The average molecular weight is 477 g/mol. The van der Waals surface area contributed by atoms with Gasteiger partial charge in [0.25, 0.3) is 5.91 Å². The molecule has 0 saturated heterocycles. The van der Waals surface area contributed by atoms with E-state index in [0.29, 0.717) is 0 Å². The molecule has 0 spiro atoms. The lowest BCUT2D eigenvalue weighted by Gasteiger charge is -2.68. The summed E-state index contributed by atoms with van der Waals surface area (Å²) < 4.78 is 0. The Kier molecular flexibility index (Phi) is 5.02. The highest BCUT2D eigenvalue weighted by atomic mass is 16.2. The zero-order valence-corrected chi connectivity index (χ0v) is 22.5. The first-order chi connectivity index (χ1) is 16.2. The number of Topliss-reactive ketones (excluding diaryl/α,β-unsaturated/α-hetero) is 1. The number of amides is 1. The van der Waals surface area contributed by atoms with Crippen LogP contribution in [0.3, 0.4) is 0 Å². The van der Waals surface area contributed by atoms with Crippen molar-refractivity contribution < 1.29 is 14.4 Å². The highest BCUT2D eigenvalue weighted by Gasteiger charge is 2.69. The van der Waals surface area contributed by atoms with E-state index in [9.17, 15) is 19.6 Å². The van der Waals surface area contributed by atoms with Crippen LogP contribution in [0.5, 0.6) is 0 Å². The Morgan fingerprint density at radius 2 is 1.71 bits per heavy atom. The molecule has 0 aromatic heterocycles. The first kappa shape index (κ1) is 24.5. The molecule has 0 N–H and O–H groups in total. The summed E-state index contributed by atoms with van der Waals surface area (Å²) in [6, 6.07) is 2.05. The van der Waals surface area contributed by atoms with Crippen LogP contribution in [0.2, 0.25) is 0 Å². The van der Waals surface area contributed by atoms with Gasteiger partial charge in [-0.2, -0.15) is 5.26 Å². The van der Waals surface area contributed by atoms with Crippen LogP contribution in [-0.4, -0.2) is 35.5 Å². The Morgan fingerprint density at radius 1 is 1.06 bits per heavy atom. The van der Waals surface area contributed by atoms with E-state index >= 15 is 0 Å². The molecular weight excluding hydrogens is 436 g/mol. The molecule has 1 amide bonds. The number of hydrogen-bond donors (Lipinski definition) is 0. The molecule has 0 unspecified atom stereocenters. The summed E-state index contributed by atoms with van der Waals surface area (Å²) >= 11 is 0. The summed E-state index contributed by atoms with van der Waals surface area (Å²) in [5.41, 5.74) is -0.0612. The van der Waals surface area contributed by atoms with Crippen LogP contribution in [0.1, 0.15) is 86.5 Å². The van der Waals surface area contributed by atoms with E-state index in [1.165, 1.54) is 0 Å². The fourth-order valence-corrected chi connectivity index (χ4v) is 9.53. The number of hydrogen-bond acceptors (Lipinski definition) is 4. The van der Waals surface area contributed by atoms with Gasteiger partial charge in [0.2, 0.25) is 0 Å². The number of carbonyl (C=O) groups is 3. The number of rotatable bonds is 1. The molecule has 0 bridgehead atoms. The first-order valence-electron chi connectivity index (χ1n) is 13.3. The van der Waals surface area contributed by atoms with Crippen molar-refractivity contribution in [2.45, 2.75) is 92.5 Å². The molecule has 5 rings (SSSR count). The van der Waals surface area contributed by atoms with Gasteiger partial charge in [-0.3, -0.25) is 14.4 Å². The summed E-state index contributed by atoms with van der Waals surface area (Å²) in [7, 11) is 1.79. The molecule has 1 aliphatic heterocycles. The molecule has 0 radical (unpaired) electrons. The molecular formula is C30H40N2O3. The number of fused-ring (bicyclic) bond motifs is 7. The normalized spacial score (nSPS) is 46.2. The second kappa shape index (κ2) is 7.17. The quantitative estimate of drug-likeness (QED) is 0.507. The van der Waals surface area contributed by atoms with E-state index in [1.54, 1.807) is 18.9 Å². The van der Waals surface area contributed by atoms with Crippen molar-refractivity contribution in [3.05, 3.63) is 23.3 Å². The molecule has 0 aromatic rings. The maximum absolute atomic E-state index is 14.2. The van der Waals surface area contributed by atoms with Gasteiger partial charge in [-0.15, -0.1) is 0 Å². The monoisotopic (exact) mass is 476 g/mol. The van der Waals surface area contributed by atoms with Crippen molar-refractivity contribution in [3.8, 4) is 6.07 Å². The minimum Gasteiger partial charge on any atom is -0.337 e. The maximum atomic E-state index is 14.2. The predicted molar refractivity (Wildman–Crippen MR) is 134 cm³/mol. The Labute approximate surface area is 210 Å². The zero-order valence-electron chi connectivity index (χ0n) is 22.5. The van der Waals surface area contributed by atoms with E-state index in [1.807, 2.05) is 12.2 Å². The Morgan fingerprint density at radius 3 is 2.34 bits per heavy atom. The lowest BCUT2D eigenvalue weighted by molar-refractivity contribution is -0.175. The molecule has 35 heavy (non-hydrogen) atoms. The van der Waals surface area contributed by atoms with Crippen molar-refractivity contribution in [2.75, 3.05) is 7.05 Å². The lowest BCUT2D eigenvalue weighted by Crippen LogP contribution is -2.66. The first-order valence-corrected chi connectivity index (χ1v) is 13.3. The van der Waals surface area contributed by atoms with Crippen LogP contribution in [0.4, 0.5) is 0 Å². The van der Waals surface area contributed by atoms with E-state index in [2.05, 4.69) is 40.7 Å². The van der Waals surface area contributed by atoms with Gasteiger partial charge < -0.3 is 4.90 Å². The molecule has 188 valence electrons. The molecule has 7 atom stereocenters. The van der Waals surface area contributed by atoms with Gasteiger partial charge in [0, 0.05) is 29.8 Å². The van der Waals surface area contributed by atoms with Gasteiger partial charge in [-0.1, -0.05) is 34.6 Å². The molecule has 5 nitrogen and oxygen atoms in total. The number of nitriles is 1. The van der Waals surface area contributed by atoms with Crippen LogP contribution in [0, 0.1) is 50.2 Å². The number of nitrogens with zero attached hydrogens (tertiary/aromatic N) is 2. The lowest BCUT2D eigenvalue weighted by atomic mass is 9.35. The number of ketones is 2. The zero-order chi connectivity index (χ0) is 25.8. The predicted octanol–water partition coefficient (Wildman–Crippen LogP) is 5.41. The third-order valence-corrected chi connectivity index (χ3v) is 11.8. The van der Waals surface area contributed by atoms with Gasteiger partial charge in [0.1, 0.15) is 17.4 Å². The van der Waals surface area contributed by atoms with Gasteiger partial charge in [0.15, 0.2) is 5.78 Å². The smallest absolute Gasteiger partial charge is 0.264 e. The summed E-state index contributed by atoms with van der Waals surface area (Å²) in [6.45, 7) is 13.1. The minimum absolute atomic E-state index is 0.0621. The van der Waals surface area contributed by atoms with E-state index in [0.717, 1.165) is 50.5 Å². The summed E-state index contributed by atoms with van der Waals surface area (Å²) in [6.07, 6.45) is 10.0. The van der Waals surface area contributed by atoms with Crippen molar-refractivity contribution in [1.29, 1.82) is 5.26 Å². The highest BCUT2D eigenvalue weighted by Crippen LogP contribution is 2.72. The third kappa shape index (κ3) is 2.89. The van der Waals surface area contributed by atoms with Crippen LogP contribution >= 0.6 is 0 Å². The number of carbonyl (C=O) groups excluding carboxylic acids is 3. The Balaban J connectivity index is 1.70. The highest BCUT2D eigenvalue weighted by molar-refractivity contribution is 6.00. The fraction of sp³-hybridized carbons (Fsp3) is 0.733. The van der Waals surface area contributed by atoms with Gasteiger partial charge in [0.05, 0.1) is 0 Å². The molecule has 3 fully saturated rings. The fourth-order valence-electron chi connectivity index (χ4n) is 9.53. The topological polar surface area (TPSA) is 78.2 Å². The van der Waals surface area contributed by atoms with Crippen LogP contribution in [-0.2, 0) is 14.4 Å². The SMILES string of the molecule is CC(=O)[C@]12CCC(C)(C)C[C@H]1[C@H]1C(=O)C=C3[C@@]4(C)C=C(C#N)C(=O)N(C)[C@@H]4CC[C@@]3(C)[C@]1(C)CC2.